The molecule has 1 heterocycles. The first-order valence-corrected chi connectivity index (χ1v) is 47.0. The van der Waals surface area contributed by atoms with Gasteiger partial charge in [0.25, 0.3) is 0 Å². The van der Waals surface area contributed by atoms with Gasteiger partial charge in [-0.3, -0.25) is 0 Å². The third-order valence-corrected chi connectivity index (χ3v) is 116. The molecular weight excluding hydrogens is 871 g/mol. The van der Waals surface area contributed by atoms with E-state index in [1.165, 1.54) is 0 Å². The third kappa shape index (κ3) is 7.73. The molecule has 2 aromatic carbocycles. The van der Waals surface area contributed by atoms with E-state index in [2.05, 4.69) is 179 Å². The van der Waals surface area contributed by atoms with E-state index in [0.717, 1.165) is 11.1 Å². The fraction of sp³-hybridized carbons (Fsp3) is 0.647. The van der Waals surface area contributed by atoms with Crippen LogP contribution in [0, 0.1) is 0 Å². The van der Waals surface area contributed by atoms with Gasteiger partial charge in [0.2, 0.25) is 0 Å². The molecule has 1 aliphatic rings. The quantitative estimate of drug-likeness (QED) is 0.223. The Morgan fingerprint density at radius 2 is 0.565 bits per heavy atom. The van der Waals surface area contributed by atoms with Crippen molar-refractivity contribution < 1.29 is 11.4 Å². The van der Waals surface area contributed by atoms with Crippen LogP contribution in [-0.4, -0.2) is 93.1 Å². The predicted octanol–water partition coefficient (Wildman–Crippen LogP) is 11.2. The minimum absolute atomic E-state index is 0.178. The van der Waals surface area contributed by atoms with E-state index in [-0.39, 0.29) is 4.08 Å². The molecule has 256 valence electrons. The first-order chi connectivity index (χ1) is 20.6. The Labute approximate surface area is 307 Å². The van der Waals surface area contributed by atoms with E-state index >= 15 is 0 Å². The molecule has 0 saturated carbocycles. The van der Waals surface area contributed by atoms with E-state index < -0.39 is 106 Å². The van der Waals surface area contributed by atoms with E-state index in [9.17, 15) is 0 Å². The Bertz CT molecular complexity index is 1100. The molecule has 3 rings (SSSR count). The van der Waals surface area contributed by atoms with Crippen molar-refractivity contribution in [3.05, 3.63) is 71.8 Å². The second kappa shape index (κ2) is 14.4. The number of hydrogen-bond acceptors (Lipinski definition) is 4. The maximum atomic E-state index is 7.83. The molecule has 4 nitrogen and oxygen atoms in total. The Balaban J connectivity index is 2.47. The predicted molar refractivity (Wildman–Crippen MR) is 220 cm³/mol. The molecule has 1 fully saturated rings. The molecule has 0 unspecified atom stereocenters. The van der Waals surface area contributed by atoms with Crippen LogP contribution in [0.5, 0.6) is 0 Å². The summed E-state index contributed by atoms with van der Waals surface area (Å²) >= 11 is -7.08. The Kier molecular flexibility index (Phi) is 13.1. The van der Waals surface area contributed by atoms with Gasteiger partial charge in [-0.1, -0.05) is 0 Å². The summed E-state index contributed by atoms with van der Waals surface area (Å²) in [5.41, 5.74) is 2.28. The summed E-state index contributed by atoms with van der Waals surface area (Å²) in [5, 5.41) is 0. The van der Waals surface area contributed by atoms with Gasteiger partial charge >= 0.3 is 311 Å². The molecule has 0 radical (unpaired) electrons. The Morgan fingerprint density at radius 1 is 0.370 bits per heavy atom. The van der Waals surface area contributed by atoms with Gasteiger partial charge in [-0.2, -0.15) is 0 Å². The summed E-state index contributed by atoms with van der Waals surface area (Å²) in [4.78, 5) is 0. The average molecular weight is 937 g/mol. The minimum atomic E-state index is -3.54. The normalized spacial score (nSPS) is 20.4. The molecule has 46 heavy (non-hydrogen) atoms. The Morgan fingerprint density at radius 3 is 0.739 bits per heavy atom. The number of benzene rings is 2. The summed E-state index contributed by atoms with van der Waals surface area (Å²) < 4.78 is 31.7. The molecule has 0 N–H and O–H groups in total. The molecular formula is C34H66In2O4Si6. The first-order valence-electron chi connectivity index (χ1n) is 17.4. The van der Waals surface area contributed by atoms with E-state index in [4.69, 9.17) is 11.4 Å². The van der Waals surface area contributed by atoms with Crippen LogP contribution < -0.4 is 0 Å². The molecule has 1 aliphatic heterocycles. The van der Waals surface area contributed by atoms with Gasteiger partial charge in [-0.25, -0.2) is 0 Å². The monoisotopic (exact) mass is 936 g/mol. The van der Waals surface area contributed by atoms with Gasteiger partial charge in [0.15, 0.2) is 0 Å². The molecule has 2 aromatic rings. The van der Waals surface area contributed by atoms with Gasteiger partial charge in [-0.05, 0) is 0 Å². The fourth-order valence-electron chi connectivity index (χ4n) is 11.4. The van der Waals surface area contributed by atoms with Crippen molar-refractivity contribution in [2.45, 2.75) is 135 Å². The van der Waals surface area contributed by atoms with Crippen molar-refractivity contribution in [1.82, 2.24) is 0 Å². The van der Waals surface area contributed by atoms with Gasteiger partial charge in [0, 0.05) is 0 Å². The molecule has 12 heteroatoms. The van der Waals surface area contributed by atoms with Crippen molar-refractivity contribution in [3.8, 4) is 0 Å². The Hall–Kier alpha value is 1.32. The van der Waals surface area contributed by atoms with Crippen LogP contribution in [0.25, 0.3) is 0 Å². The standard InChI is InChI=1S/2C10H27Si3.2C7H6O2.2In/c2*1-11(2,3)10(12(4,5)6)13(7,8)9;2*8-7(9)6-4-2-1-3-5-6;;/h2*1-9H3;2*1-5,7H;;/q;;2*-2;2*+2. The van der Waals surface area contributed by atoms with Gasteiger partial charge in [0.05, 0.1) is 0 Å². The van der Waals surface area contributed by atoms with Crippen LogP contribution in [0.4, 0.5) is 0 Å². The van der Waals surface area contributed by atoms with Crippen LogP contribution in [0.1, 0.15) is 23.7 Å². The van der Waals surface area contributed by atoms with Crippen molar-refractivity contribution in [2.24, 2.45) is 0 Å². The second-order valence-corrected chi connectivity index (χ2v) is 76.3. The first kappa shape index (κ1) is 41.7. The summed E-state index contributed by atoms with van der Waals surface area (Å²) in [6.45, 7) is 47.0. The topological polar surface area (TPSA) is 36.9 Å². The number of hydrogen-bond donors (Lipinski definition) is 0. The zero-order valence-corrected chi connectivity index (χ0v) is 45.3. The summed E-state index contributed by atoms with van der Waals surface area (Å²) in [7, 11) is -11.1. The third-order valence-electron chi connectivity index (χ3n) is 10.9. The van der Waals surface area contributed by atoms with E-state index in [1.807, 2.05) is 0 Å². The molecule has 1 saturated heterocycles. The van der Waals surface area contributed by atoms with Crippen LogP contribution in [0.15, 0.2) is 60.7 Å². The summed E-state index contributed by atoms with van der Waals surface area (Å²) in [5.74, 6) is 0. The molecule has 0 atom stereocenters. The molecule has 0 aromatic heterocycles. The zero-order chi connectivity index (χ0) is 35.4. The van der Waals surface area contributed by atoms with Crippen LogP contribution in [0.3, 0.4) is 0 Å². The maximum absolute atomic E-state index is 7.83. The molecule has 0 aliphatic carbocycles. The second-order valence-electron chi connectivity index (χ2n) is 19.8. The van der Waals surface area contributed by atoms with Crippen molar-refractivity contribution >= 4 is 93.1 Å². The van der Waals surface area contributed by atoms with Crippen LogP contribution in [0.2, 0.25) is 122 Å². The summed E-state index contributed by atoms with van der Waals surface area (Å²) in [6, 6.07) is 21.7. The van der Waals surface area contributed by atoms with Gasteiger partial charge < -0.3 is 0 Å². The number of rotatable bonds is 10. The van der Waals surface area contributed by atoms with E-state index in [1.54, 1.807) is 0 Å². The van der Waals surface area contributed by atoms with E-state index in [0.29, 0.717) is 0 Å². The molecule has 0 amide bonds. The fourth-order valence-corrected chi connectivity index (χ4v) is 121. The zero-order valence-electron chi connectivity index (χ0n) is 32.7. The van der Waals surface area contributed by atoms with Crippen LogP contribution in [-0.2, 0) is 11.4 Å². The summed E-state index contributed by atoms with van der Waals surface area (Å²) in [6.07, 6.45) is -0.822. The molecule has 0 spiro atoms. The van der Waals surface area contributed by atoms with Crippen molar-refractivity contribution in [2.75, 3.05) is 0 Å². The van der Waals surface area contributed by atoms with Crippen LogP contribution >= 0.6 is 0 Å². The van der Waals surface area contributed by atoms with Gasteiger partial charge in [0.1, 0.15) is 0 Å². The van der Waals surface area contributed by atoms with Gasteiger partial charge in [-0.15, -0.1) is 0 Å². The average Bonchev–Trinajstić information content (AvgIpc) is 2.82. The molecule has 0 bridgehead atoms. The van der Waals surface area contributed by atoms with Crippen molar-refractivity contribution in [3.63, 3.8) is 0 Å². The SMILES string of the molecule is C[Si](C)(C)[C]([In]1[O]C(c2ccccc2)[O][In]([C]([Si](C)(C)C)([Si](C)(C)C)[Si](C)(C)C)[O]C(c2ccccc2)[O]1)([Si](C)(C)C)[Si](C)(C)C. The van der Waals surface area contributed by atoms with Crippen molar-refractivity contribution in [1.29, 1.82) is 0 Å².